The first-order valence-electron chi connectivity index (χ1n) is 6.02. The van der Waals surface area contributed by atoms with Crippen LogP contribution in [0.5, 0.6) is 0 Å². The fourth-order valence-corrected chi connectivity index (χ4v) is 2.12. The Morgan fingerprint density at radius 1 is 1.10 bits per heavy atom. The Morgan fingerprint density at radius 3 is 2.50 bits per heavy atom. The van der Waals surface area contributed by atoms with Gasteiger partial charge < -0.3 is 9.52 Å². The molecule has 3 rings (SSSR count). The molecular formula is C16H10O4. The molecule has 2 aromatic rings. The number of hydrogen-bond donors (Lipinski definition) is 1. The lowest BCUT2D eigenvalue weighted by Gasteiger charge is -1.95. The molecule has 0 amide bonds. The lowest BCUT2D eigenvalue weighted by Crippen LogP contribution is -2.08. The normalized spacial score (nSPS) is 14.1. The third-order valence-corrected chi connectivity index (χ3v) is 3.08. The van der Waals surface area contributed by atoms with Gasteiger partial charge in [-0.3, -0.25) is 9.59 Å². The van der Waals surface area contributed by atoms with Crippen LogP contribution in [0.1, 0.15) is 21.7 Å². The first kappa shape index (κ1) is 12.2. The van der Waals surface area contributed by atoms with Gasteiger partial charge in [0.25, 0.3) is 0 Å². The highest BCUT2D eigenvalue weighted by Crippen LogP contribution is 2.31. The molecule has 0 bridgehead atoms. The highest BCUT2D eigenvalue weighted by atomic mass is 16.3. The number of allylic oxidation sites excluding steroid dienone is 2. The van der Waals surface area contributed by atoms with Gasteiger partial charge in [-0.2, -0.15) is 0 Å². The van der Waals surface area contributed by atoms with Gasteiger partial charge in [-0.1, -0.05) is 24.3 Å². The average molecular weight is 266 g/mol. The third-order valence-electron chi connectivity index (χ3n) is 3.08. The molecule has 0 saturated heterocycles. The van der Waals surface area contributed by atoms with Crippen LogP contribution in [0.4, 0.5) is 0 Å². The van der Waals surface area contributed by atoms with Crippen molar-refractivity contribution in [2.24, 2.45) is 0 Å². The molecule has 4 nitrogen and oxygen atoms in total. The minimum Gasteiger partial charge on any atom is -0.506 e. The van der Waals surface area contributed by atoms with Gasteiger partial charge >= 0.3 is 0 Å². The summed E-state index contributed by atoms with van der Waals surface area (Å²) in [5.41, 5.74) is 0.543. The Labute approximate surface area is 114 Å². The number of carbonyl (C=O) groups is 2. The van der Waals surface area contributed by atoms with Gasteiger partial charge in [0.15, 0.2) is 5.78 Å². The summed E-state index contributed by atoms with van der Waals surface area (Å²) < 4.78 is 5.06. The molecule has 0 atom stereocenters. The van der Waals surface area contributed by atoms with Gasteiger partial charge in [-0.25, -0.2) is 0 Å². The summed E-state index contributed by atoms with van der Waals surface area (Å²) in [5, 5.41) is 10.0. The molecule has 20 heavy (non-hydrogen) atoms. The number of rotatable bonds is 3. The van der Waals surface area contributed by atoms with Crippen LogP contribution in [-0.4, -0.2) is 16.7 Å². The summed E-state index contributed by atoms with van der Waals surface area (Å²) in [6.45, 7) is 0. The predicted molar refractivity (Wildman–Crippen MR) is 73.1 cm³/mol. The Hall–Kier alpha value is -2.88. The molecule has 0 aliphatic heterocycles. The summed E-state index contributed by atoms with van der Waals surface area (Å²) in [7, 11) is 0. The summed E-state index contributed by atoms with van der Waals surface area (Å²) in [5.74, 6) is -0.756. The number of benzene rings is 1. The fraction of sp³-hybridized carbons (Fsp3) is 0. The fourth-order valence-electron chi connectivity index (χ4n) is 2.12. The Morgan fingerprint density at radius 2 is 1.85 bits per heavy atom. The minimum absolute atomic E-state index is 0.200. The smallest absolute Gasteiger partial charge is 0.201 e. The van der Waals surface area contributed by atoms with E-state index in [-0.39, 0.29) is 11.3 Å². The van der Waals surface area contributed by atoms with Gasteiger partial charge in [0.2, 0.25) is 5.78 Å². The van der Waals surface area contributed by atoms with Crippen molar-refractivity contribution in [3.63, 3.8) is 0 Å². The molecule has 1 aromatic carbocycles. The van der Waals surface area contributed by atoms with Crippen LogP contribution in [-0.2, 0) is 4.79 Å². The lowest BCUT2D eigenvalue weighted by molar-refractivity contribution is -0.111. The van der Waals surface area contributed by atoms with Crippen LogP contribution in [0, 0.1) is 0 Å². The highest BCUT2D eigenvalue weighted by molar-refractivity contribution is 6.36. The van der Waals surface area contributed by atoms with Crippen LogP contribution in [0.2, 0.25) is 0 Å². The van der Waals surface area contributed by atoms with E-state index in [2.05, 4.69) is 0 Å². The van der Waals surface area contributed by atoms with Gasteiger partial charge in [-0.05, 0) is 24.3 Å². The van der Waals surface area contributed by atoms with Gasteiger partial charge in [0, 0.05) is 11.1 Å². The van der Waals surface area contributed by atoms with E-state index in [1.165, 1.54) is 18.4 Å². The predicted octanol–water partition coefficient (Wildman–Crippen LogP) is 3.03. The Kier molecular flexibility index (Phi) is 2.84. The maximum atomic E-state index is 12.1. The van der Waals surface area contributed by atoms with Crippen LogP contribution >= 0.6 is 0 Å². The summed E-state index contributed by atoms with van der Waals surface area (Å²) in [4.78, 5) is 24.2. The second-order valence-electron chi connectivity index (χ2n) is 4.31. The van der Waals surface area contributed by atoms with E-state index < -0.39 is 11.6 Å². The van der Waals surface area contributed by atoms with Crippen molar-refractivity contribution in [3.8, 4) is 0 Å². The van der Waals surface area contributed by atoms with Crippen molar-refractivity contribution in [2.75, 3.05) is 0 Å². The second-order valence-corrected chi connectivity index (χ2v) is 4.31. The van der Waals surface area contributed by atoms with E-state index >= 15 is 0 Å². The molecule has 0 radical (unpaired) electrons. The zero-order valence-corrected chi connectivity index (χ0v) is 10.4. The van der Waals surface area contributed by atoms with Crippen molar-refractivity contribution in [2.45, 2.75) is 0 Å². The third kappa shape index (κ3) is 1.87. The minimum atomic E-state index is -0.542. The van der Waals surface area contributed by atoms with Gasteiger partial charge in [-0.15, -0.1) is 0 Å². The molecule has 0 unspecified atom stereocenters. The molecular weight excluding hydrogens is 256 g/mol. The lowest BCUT2D eigenvalue weighted by atomic mass is 10.1. The highest BCUT2D eigenvalue weighted by Gasteiger charge is 2.32. The van der Waals surface area contributed by atoms with E-state index in [1.807, 2.05) is 0 Å². The molecule has 1 aromatic heterocycles. The summed E-state index contributed by atoms with van der Waals surface area (Å²) >= 11 is 0. The first-order chi connectivity index (χ1) is 9.68. The largest absolute Gasteiger partial charge is 0.506 e. The quantitative estimate of drug-likeness (QED) is 0.685. The number of carbonyl (C=O) groups excluding carboxylic acids is 2. The molecule has 1 aliphatic rings. The van der Waals surface area contributed by atoms with Crippen molar-refractivity contribution >= 4 is 23.4 Å². The standard InChI is InChI=1S/C16H10O4/c17-13(8-7-10-4-3-9-20-10)14-15(18)11-5-1-2-6-12(11)16(14)19/h1-9,18H/b8-7+. The van der Waals surface area contributed by atoms with Crippen LogP contribution < -0.4 is 0 Å². The van der Waals surface area contributed by atoms with Crippen molar-refractivity contribution in [3.05, 3.63) is 71.2 Å². The molecule has 0 spiro atoms. The molecule has 1 N–H and O–H groups in total. The maximum absolute atomic E-state index is 12.1. The van der Waals surface area contributed by atoms with Gasteiger partial charge in [0.1, 0.15) is 17.1 Å². The molecule has 98 valence electrons. The van der Waals surface area contributed by atoms with E-state index in [9.17, 15) is 14.7 Å². The summed E-state index contributed by atoms with van der Waals surface area (Å²) in [6.07, 6.45) is 4.16. The molecule has 1 aliphatic carbocycles. The van der Waals surface area contributed by atoms with Crippen LogP contribution in [0.15, 0.2) is 58.7 Å². The summed E-state index contributed by atoms with van der Waals surface area (Å²) in [6, 6.07) is 9.97. The molecule has 0 fully saturated rings. The Bertz CT molecular complexity index is 749. The SMILES string of the molecule is O=C(/C=C/c1ccco1)C1=C(O)c2ccccc2C1=O. The molecule has 0 saturated carbocycles. The maximum Gasteiger partial charge on any atom is 0.201 e. The monoisotopic (exact) mass is 266 g/mol. The number of ketones is 2. The van der Waals surface area contributed by atoms with Gasteiger partial charge in [0.05, 0.1) is 6.26 Å². The number of hydrogen-bond acceptors (Lipinski definition) is 4. The number of aliphatic hydroxyl groups is 1. The van der Waals surface area contributed by atoms with Crippen molar-refractivity contribution in [1.29, 1.82) is 0 Å². The van der Waals surface area contributed by atoms with E-state index in [4.69, 9.17) is 4.42 Å². The zero-order valence-electron chi connectivity index (χ0n) is 10.4. The van der Waals surface area contributed by atoms with Crippen molar-refractivity contribution in [1.82, 2.24) is 0 Å². The van der Waals surface area contributed by atoms with E-state index in [0.29, 0.717) is 16.9 Å². The first-order valence-corrected chi connectivity index (χ1v) is 6.02. The van der Waals surface area contributed by atoms with Crippen molar-refractivity contribution < 1.29 is 19.1 Å². The number of aliphatic hydroxyl groups excluding tert-OH is 1. The number of Topliss-reactive ketones (excluding diaryl/α,β-unsaturated/α-hetero) is 1. The van der Waals surface area contributed by atoms with E-state index in [1.54, 1.807) is 36.4 Å². The van der Waals surface area contributed by atoms with Crippen LogP contribution in [0.25, 0.3) is 11.8 Å². The molecule has 4 heteroatoms. The molecule has 1 heterocycles. The van der Waals surface area contributed by atoms with E-state index in [0.717, 1.165) is 0 Å². The number of furan rings is 1. The topological polar surface area (TPSA) is 67.5 Å². The average Bonchev–Trinajstić information content (AvgIpc) is 3.05. The zero-order chi connectivity index (χ0) is 14.1. The number of fused-ring (bicyclic) bond motifs is 1. The second kappa shape index (κ2) is 4.66. The van der Waals surface area contributed by atoms with Crippen LogP contribution in [0.3, 0.4) is 0 Å². The Balaban J connectivity index is 1.94.